The lowest BCUT2D eigenvalue weighted by molar-refractivity contribution is -0.119. The second-order valence-corrected chi connectivity index (χ2v) is 8.34. The number of hydrogen-bond acceptors (Lipinski definition) is 7. The smallest absolute Gasteiger partial charge is 0.338 e. The van der Waals surface area contributed by atoms with Crippen LogP contribution in [0.5, 0.6) is 0 Å². The number of benzene rings is 2. The molecule has 2 heterocycles. The molecule has 0 aliphatic carbocycles. The van der Waals surface area contributed by atoms with Crippen molar-refractivity contribution in [2.24, 2.45) is 0 Å². The summed E-state index contributed by atoms with van der Waals surface area (Å²) in [6.45, 7) is -0.436. The second kappa shape index (κ2) is 9.71. The van der Waals surface area contributed by atoms with Crippen LogP contribution in [0.25, 0.3) is 22.6 Å². The Kier molecular flexibility index (Phi) is 6.58. The zero-order chi connectivity index (χ0) is 22.5. The van der Waals surface area contributed by atoms with Crippen molar-refractivity contribution in [3.05, 3.63) is 81.8 Å². The zero-order valence-electron chi connectivity index (χ0n) is 16.4. The van der Waals surface area contributed by atoms with E-state index in [1.165, 1.54) is 11.3 Å². The Morgan fingerprint density at radius 1 is 1.03 bits per heavy atom. The van der Waals surface area contributed by atoms with Gasteiger partial charge in [-0.2, -0.15) is 0 Å². The van der Waals surface area contributed by atoms with Crippen molar-refractivity contribution in [1.82, 2.24) is 4.98 Å². The van der Waals surface area contributed by atoms with E-state index in [9.17, 15) is 14.4 Å². The van der Waals surface area contributed by atoms with Gasteiger partial charge in [-0.3, -0.25) is 14.9 Å². The van der Waals surface area contributed by atoms with Crippen LogP contribution < -0.4 is 5.32 Å². The highest BCUT2D eigenvalue weighted by Crippen LogP contribution is 2.26. The average Bonchev–Trinajstić information content (AvgIpc) is 3.48. The first kappa shape index (κ1) is 21.7. The van der Waals surface area contributed by atoms with Gasteiger partial charge in [0, 0.05) is 21.0 Å². The van der Waals surface area contributed by atoms with Gasteiger partial charge in [-0.25, -0.2) is 9.78 Å². The number of nitrogens with zero attached hydrogens (tertiary/aromatic N) is 1. The molecule has 0 saturated heterocycles. The highest BCUT2D eigenvalue weighted by Gasteiger charge is 2.13. The van der Waals surface area contributed by atoms with Gasteiger partial charge in [0.05, 0.1) is 11.3 Å². The number of hydrogen-bond donors (Lipinski definition) is 1. The molecule has 2 aromatic heterocycles. The SMILES string of the molecule is O=Cc1ccc(-c2ccc(C(=O)OCC(=O)Nc3nc(-c4ccc(Br)cc4)cs3)cc2)o1. The number of furan rings is 1. The molecule has 2 aromatic carbocycles. The van der Waals surface area contributed by atoms with Gasteiger partial charge in [0.2, 0.25) is 0 Å². The molecule has 0 unspecified atom stereocenters. The summed E-state index contributed by atoms with van der Waals surface area (Å²) in [7, 11) is 0. The fourth-order valence-electron chi connectivity index (χ4n) is 2.80. The van der Waals surface area contributed by atoms with Crippen LogP contribution in [0.3, 0.4) is 0 Å². The van der Waals surface area contributed by atoms with E-state index < -0.39 is 18.5 Å². The molecule has 0 saturated carbocycles. The highest BCUT2D eigenvalue weighted by molar-refractivity contribution is 9.10. The Bertz CT molecular complexity index is 1260. The largest absolute Gasteiger partial charge is 0.453 e. The number of thiazole rings is 1. The number of carbonyl (C=O) groups is 3. The van der Waals surface area contributed by atoms with Crippen LogP contribution >= 0.6 is 27.3 Å². The van der Waals surface area contributed by atoms with E-state index in [2.05, 4.69) is 26.2 Å². The summed E-state index contributed by atoms with van der Waals surface area (Å²) in [5.41, 5.74) is 2.66. The molecule has 0 aliphatic heterocycles. The van der Waals surface area contributed by atoms with Gasteiger partial charge in [-0.1, -0.05) is 40.2 Å². The minimum absolute atomic E-state index is 0.221. The van der Waals surface area contributed by atoms with E-state index >= 15 is 0 Å². The fraction of sp³-hybridized carbons (Fsp3) is 0.0435. The van der Waals surface area contributed by atoms with Crippen LogP contribution in [-0.4, -0.2) is 29.8 Å². The molecule has 0 spiro atoms. The number of anilines is 1. The summed E-state index contributed by atoms with van der Waals surface area (Å²) in [5, 5.41) is 4.88. The maximum Gasteiger partial charge on any atom is 0.338 e. The van der Waals surface area contributed by atoms with E-state index in [0.717, 1.165) is 15.7 Å². The Balaban J connectivity index is 1.30. The van der Waals surface area contributed by atoms with Gasteiger partial charge in [0.1, 0.15) is 5.76 Å². The highest BCUT2D eigenvalue weighted by atomic mass is 79.9. The van der Waals surface area contributed by atoms with Crippen molar-refractivity contribution >= 4 is 50.6 Å². The number of ether oxygens (including phenoxy) is 1. The third-order valence-corrected chi connectivity index (χ3v) is 5.66. The van der Waals surface area contributed by atoms with E-state index in [4.69, 9.17) is 9.15 Å². The van der Waals surface area contributed by atoms with Gasteiger partial charge < -0.3 is 9.15 Å². The third-order valence-electron chi connectivity index (χ3n) is 4.37. The summed E-state index contributed by atoms with van der Waals surface area (Å²) < 4.78 is 11.4. The minimum Gasteiger partial charge on any atom is -0.453 e. The Labute approximate surface area is 195 Å². The number of halogens is 1. The molecule has 0 radical (unpaired) electrons. The molecule has 160 valence electrons. The predicted octanol–water partition coefficient (Wildman–Crippen LogP) is 5.44. The molecule has 1 N–H and O–H groups in total. The molecule has 4 rings (SSSR count). The number of aromatic nitrogens is 1. The summed E-state index contributed by atoms with van der Waals surface area (Å²) >= 11 is 4.67. The quantitative estimate of drug-likeness (QED) is 0.262. The van der Waals surface area contributed by atoms with Crippen LogP contribution in [0.2, 0.25) is 0 Å². The second-order valence-electron chi connectivity index (χ2n) is 6.57. The van der Waals surface area contributed by atoms with Crippen molar-refractivity contribution in [3.63, 3.8) is 0 Å². The number of amides is 1. The van der Waals surface area contributed by atoms with Gasteiger partial charge in [0.25, 0.3) is 5.91 Å². The normalized spacial score (nSPS) is 10.5. The van der Waals surface area contributed by atoms with Crippen molar-refractivity contribution < 1.29 is 23.5 Å². The van der Waals surface area contributed by atoms with Gasteiger partial charge >= 0.3 is 5.97 Å². The fourth-order valence-corrected chi connectivity index (χ4v) is 3.80. The van der Waals surface area contributed by atoms with Crippen LogP contribution in [0.15, 0.2) is 74.9 Å². The van der Waals surface area contributed by atoms with E-state index in [0.29, 0.717) is 22.7 Å². The standard InChI is InChI=1S/C23H15BrN2O5S/c24-17-7-5-14(6-8-17)19-13-32-23(25-19)26-21(28)12-30-22(29)16-3-1-15(2-4-16)20-10-9-18(11-27)31-20/h1-11,13H,12H2,(H,25,26,28). The topological polar surface area (TPSA) is 98.5 Å². The van der Waals surface area contributed by atoms with Crippen molar-refractivity contribution in [3.8, 4) is 22.6 Å². The van der Waals surface area contributed by atoms with Crippen LogP contribution in [0.4, 0.5) is 5.13 Å². The maximum atomic E-state index is 12.2. The molecule has 7 nitrogen and oxygen atoms in total. The van der Waals surface area contributed by atoms with E-state index in [1.54, 1.807) is 36.4 Å². The predicted molar refractivity (Wildman–Crippen MR) is 124 cm³/mol. The minimum atomic E-state index is -0.630. The lowest BCUT2D eigenvalue weighted by Gasteiger charge is -2.05. The molecule has 32 heavy (non-hydrogen) atoms. The van der Waals surface area contributed by atoms with Crippen molar-refractivity contribution in [1.29, 1.82) is 0 Å². The van der Waals surface area contributed by atoms with Crippen molar-refractivity contribution in [2.75, 3.05) is 11.9 Å². The summed E-state index contributed by atoms with van der Waals surface area (Å²) in [4.78, 5) is 39.5. The molecule has 9 heteroatoms. The number of rotatable bonds is 7. The number of esters is 1. The Morgan fingerprint density at radius 3 is 2.44 bits per heavy atom. The molecule has 0 fully saturated rings. The zero-order valence-corrected chi connectivity index (χ0v) is 18.8. The summed E-state index contributed by atoms with van der Waals surface area (Å²) in [6.07, 6.45) is 0.619. The lowest BCUT2D eigenvalue weighted by atomic mass is 10.1. The summed E-state index contributed by atoms with van der Waals surface area (Å²) in [6, 6.07) is 17.4. The first-order valence-electron chi connectivity index (χ1n) is 9.36. The molecule has 0 bridgehead atoms. The molecule has 4 aromatic rings. The van der Waals surface area contributed by atoms with Gasteiger partial charge in [-0.05, 0) is 36.4 Å². The number of carbonyl (C=O) groups excluding carboxylic acids is 3. The Hall–Kier alpha value is -3.56. The first-order valence-corrected chi connectivity index (χ1v) is 11.0. The molecule has 0 aliphatic rings. The van der Waals surface area contributed by atoms with Crippen LogP contribution in [0, 0.1) is 0 Å². The van der Waals surface area contributed by atoms with E-state index in [1.807, 2.05) is 29.6 Å². The van der Waals surface area contributed by atoms with Crippen LogP contribution in [0.1, 0.15) is 20.9 Å². The van der Waals surface area contributed by atoms with Gasteiger partial charge in [-0.15, -0.1) is 11.3 Å². The monoisotopic (exact) mass is 510 g/mol. The number of aldehydes is 1. The summed E-state index contributed by atoms with van der Waals surface area (Å²) in [5.74, 6) is -0.380. The van der Waals surface area contributed by atoms with Crippen LogP contribution in [-0.2, 0) is 9.53 Å². The lowest BCUT2D eigenvalue weighted by Crippen LogP contribution is -2.20. The molecular formula is C23H15BrN2O5S. The van der Waals surface area contributed by atoms with Gasteiger partial charge in [0.15, 0.2) is 23.8 Å². The third kappa shape index (κ3) is 5.19. The first-order chi connectivity index (χ1) is 15.5. The Morgan fingerprint density at radius 2 is 1.75 bits per heavy atom. The molecular weight excluding hydrogens is 496 g/mol. The maximum absolute atomic E-state index is 12.2. The average molecular weight is 511 g/mol. The van der Waals surface area contributed by atoms with E-state index in [-0.39, 0.29) is 11.3 Å². The molecule has 1 amide bonds. The van der Waals surface area contributed by atoms with Crippen molar-refractivity contribution in [2.45, 2.75) is 0 Å². The molecule has 0 atom stereocenters. The number of nitrogens with one attached hydrogen (secondary N) is 1.